The van der Waals surface area contributed by atoms with Crippen molar-refractivity contribution in [1.82, 2.24) is 4.90 Å². The zero-order chi connectivity index (χ0) is 13.8. The van der Waals surface area contributed by atoms with Crippen LogP contribution in [0.5, 0.6) is 0 Å². The molecule has 1 aliphatic carbocycles. The van der Waals surface area contributed by atoms with E-state index in [0.717, 1.165) is 19.6 Å². The summed E-state index contributed by atoms with van der Waals surface area (Å²) in [6.45, 7) is 7.59. The lowest BCUT2D eigenvalue weighted by Crippen LogP contribution is -2.37. The molecule has 1 aromatic carbocycles. The molecule has 0 saturated carbocycles. The van der Waals surface area contributed by atoms with Gasteiger partial charge >= 0.3 is 0 Å². The Morgan fingerprint density at radius 1 is 1.42 bits per heavy atom. The van der Waals surface area contributed by atoms with Crippen molar-refractivity contribution in [2.45, 2.75) is 32.6 Å². The van der Waals surface area contributed by atoms with Crippen molar-refractivity contribution in [3.05, 3.63) is 35.4 Å². The SMILES string of the molecule is CC(C)CN(CCC(=N)N)CC1Cc2ccccc21. The van der Waals surface area contributed by atoms with Gasteiger partial charge in [0.15, 0.2) is 0 Å². The number of rotatable bonds is 7. The lowest BCUT2D eigenvalue weighted by molar-refractivity contribution is 0.228. The van der Waals surface area contributed by atoms with Crippen LogP contribution in [-0.4, -0.2) is 30.4 Å². The molecule has 1 atom stereocenters. The molecule has 104 valence electrons. The standard InChI is InChI=1S/C16H25N3/c1-12(2)10-19(8-7-16(17)18)11-14-9-13-5-3-4-6-15(13)14/h3-6,12,14H,7-11H2,1-2H3,(H3,17,18). The molecule has 3 nitrogen and oxygen atoms in total. The molecule has 0 bridgehead atoms. The van der Waals surface area contributed by atoms with Gasteiger partial charge in [-0.2, -0.15) is 0 Å². The summed E-state index contributed by atoms with van der Waals surface area (Å²) in [4.78, 5) is 2.46. The van der Waals surface area contributed by atoms with Gasteiger partial charge in [-0.1, -0.05) is 38.1 Å². The van der Waals surface area contributed by atoms with E-state index in [2.05, 4.69) is 43.0 Å². The molecule has 1 aromatic rings. The van der Waals surface area contributed by atoms with Gasteiger partial charge in [0.1, 0.15) is 0 Å². The Kier molecular flexibility index (Phi) is 4.59. The Morgan fingerprint density at radius 2 is 2.16 bits per heavy atom. The molecule has 1 aliphatic rings. The Bertz CT molecular complexity index is 439. The minimum absolute atomic E-state index is 0.294. The van der Waals surface area contributed by atoms with Crippen LogP contribution in [0.3, 0.4) is 0 Å². The van der Waals surface area contributed by atoms with Crippen molar-refractivity contribution in [3.8, 4) is 0 Å². The smallest absolute Gasteiger partial charge is 0.0918 e. The maximum Gasteiger partial charge on any atom is 0.0918 e. The number of nitrogens with one attached hydrogen (secondary N) is 1. The fourth-order valence-electron chi connectivity index (χ4n) is 2.89. The van der Waals surface area contributed by atoms with Crippen molar-refractivity contribution >= 4 is 5.84 Å². The lowest BCUT2D eigenvalue weighted by Gasteiger charge is -2.35. The number of nitrogens with zero attached hydrogens (tertiary/aromatic N) is 1. The molecule has 3 heteroatoms. The largest absolute Gasteiger partial charge is 0.388 e. The van der Waals surface area contributed by atoms with Crippen LogP contribution in [0.15, 0.2) is 24.3 Å². The van der Waals surface area contributed by atoms with Crippen LogP contribution in [0.4, 0.5) is 0 Å². The van der Waals surface area contributed by atoms with Crippen LogP contribution in [0.1, 0.15) is 37.3 Å². The number of benzene rings is 1. The summed E-state index contributed by atoms with van der Waals surface area (Å²) in [5, 5.41) is 7.38. The van der Waals surface area contributed by atoms with Gasteiger partial charge in [-0.05, 0) is 23.5 Å². The molecule has 0 spiro atoms. The van der Waals surface area contributed by atoms with Crippen molar-refractivity contribution in [2.75, 3.05) is 19.6 Å². The third-order valence-electron chi connectivity index (χ3n) is 3.76. The number of fused-ring (bicyclic) bond motifs is 1. The number of hydrogen-bond acceptors (Lipinski definition) is 2. The highest BCUT2D eigenvalue weighted by Crippen LogP contribution is 2.35. The van der Waals surface area contributed by atoms with E-state index < -0.39 is 0 Å². The first kappa shape index (κ1) is 14.1. The number of hydrogen-bond donors (Lipinski definition) is 2. The molecular formula is C16H25N3. The van der Waals surface area contributed by atoms with Gasteiger partial charge in [-0.3, -0.25) is 5.41 Å². The Balaban J connectivity index is 1.91. The zero-order valence-corrected chi connectivity index (χ0v) is 12.0. The predicted octanol–water partition coefficient (Wildman–Crippen LogP) is 2.61. The van der Waals surface area contributed by atoms with E-state index >= 15 is 0 Å². The van der Waals surface area contributed by atoms with Crippen LogP contribution in [0.25, 0.3) is 0 Å². The molecule has 0 heterocycles. The summed E-state index contributed by atoms with van der Waals surface area (Å²) in [7, 11) is 0. The summed E-state index contributed by atoms with van der Waals surface area (Å²) in [5.41, 5.74) is 8.50. The van der Waals surface area contributed by atoms with E-state index in [4.69, 9.17) is 11.1 Å². The molecule has 3 N–H and O–H groups in total. The van der Waals surface area contributed by atoms with Gasteiger partial charge in [0.2, 0.25) is 0 Å². The second-order valence-corrected chi connectivity index (χ2v) is 6.03. The van der Waals surface area contributed by atoms with Gasteiger partial charge in [0.25, 0.3) is 0 Å². The maximum atomic E-state index is 7.38. The Hall–Kier alpha value is -1.35. The number of nitrogens with two attached hydrogens (primary N) is 1. The first-order valence-electron chi connectivity index (χ1n) is 7.19. The second-order valence-electron chi connectivity index (χ2n) is 6.03. The van der Waals surface area contributed by atoms with Crippen molar-refractivity contribution in [2.24, 2.45) is 11.7 Å². The Labute approximate surface area is 116 Å². The molecular weight excluding hydrogens is 234 g/mol. The molecule has 1 unspecified atom stereocenters. The van der Waals surface area contributed by atoms with Crippen LogP contribution >= 0.6 is 0 Å². The van der Waals surface area contributed by atoms with Gasteiger partial charge < -0.3 is 10.6 Å². The van der Waals surface area contributed by atoms with Gasteiger partial charge in [0.05, 0.1) is 5.84 Å². The molecule has 0 radical (unpaired) electrons. The van der Waals surface area contributed by atoms with Crippen molar-refractivity contribution in [1.29, 1.82) is 5.41 Å². The summed E-state index contributed by atoms with van der Waals surface area (Å²) in [6.07, 6.45) is 1.88. The van der Waals surface area contributed by atoms with E-state index in [0.29, 0.717) is 24.1 Å². The highest BCUT2D eigenvalue weighted by molar-refractivity contribution is 5.76. The zero-order valence-electron chi connectivity index (χ0n) is 12.0. The summed E-state index contributed by atoms with van der Waals surface area (Å²) >= 11 is 0. The molecule has 2 rings (SSSR count). The highest BCUT2D eigenvalue weighted by Gasteiger charge is 2.27. The first-order valence-corrected chi connectivity index (χ1v) is 7.19. The average Bonchev–Trinajstić information content (AvgIpc) is 2.32. The number of amidine groups is 1. The molecule has 0 fully saturated rings. The third kappa shape index (κ3) is 3.80. The van der Waals surface area contributed by atoms with Crippen molar-refractivity contribution < 1.29 is 0 Å². The first-order chi connectivity index (χ1) is 9.06. The van der Waals surface area contributed by atoms with Gasteiger partial charge in [-0.25, -0.2) is 0 Å². The van der Waals surface area contributed by atoms with Crippen LogP contribution < -0.4 is 5.73 Å². The van der Waals surface area contributed by atoms with Gasteiger partial charge in [-0.15, -0.1) is 0 Å². The third-order valence-corrected chi connectivity index (χ3v) is 3.76. The van der Waals surface area contributed by atoms with Gasteiger partial charge in [0, 0.05) is 32.0 Å². The van der Waals surface area contributed by atoms with Crippen molar-refractivity contribution in [3.63, 3.8) is 0 Å². The van der Waals surface area contributed by atoms with Crippen LogP contribution in [0, 0.1) is 11.3 Å². The van der Waals surface area contributed by atoms with E-state index in [9.17, 15) is 0 Å². The van der Waals surface area contributed by atoms with Crippen LogP contribution in [-0.2, 0) is 6.42 Å². The summed E-state index contributed by atoms with van der Waals surface area (Å²) in [5.74, 6) is 1.62. The topological polar surface area (TPSA) is 53.1 Å². The van der Waals surface area contributed by atoms with E-state index in [1.165, 1.54) is 17.5 Å². The highest BCUT2D eigenvalue weighted by atomic mass is 15.1. The van der Waals surface area contributed by atoms with E-state index in [1.54, 1.807) is 0 Å². The van der Waals surface area contributed by atoms with E-state index in [1.807, 2.05) is 0 Å². The minimum Gasteiger partial charge on any atom is -0.388 e. The molecule has 19 heavy (non-hydrogen) atoms. The van der Waals surface area contributed by atoms with Crippen LogP contribution in [0.2, 0.25) is 0 Å². The summed E-state index contributed by atoms with van der Waals surface area (Å²) < 4.78 is 0. The second kappa shape index (κ2) is 6.20. The lowest BCUT2D eigenvalue weighted by atomic mass is 9.77. The monoisotopic (exact) mass is 259 g/mol. The fraction of sp³-hybridized carbons (Fsp3) is 0.562. The van der Waals surface area contributed by atoms with E-state index in [-0.39, 0.29) is 0 Å². The molecule has 0 aromatic heterocycles. The fourth-order valence-corrected chi connectivity index (χ4v) is 2.89. The Morgan fingerprint density at radius 3 is 2.79 bits per heavy atom. The predicted molar refractivity (Wildman–Crippen MR) is 80.7 cm³/mol. The minimum atomic E-state index is 0.294. The summed E-state index contributed by atoms with van der Waals surface area (Å²) in [6, 6.07) is 8.74. The average molecular weight is 259 g/mol. The molecule has 0 aliphatic heterocycles. The maximum absolute atomic E-state index is 7.38. The molecule has 0 amide bonds. The normalized spacial score (nSPS) is 17.4. The molecule has 0 saturated heterocycles. The quantitative estimate of drug-likeness (QED) is 0.584.